The van der Waals surface area contributed by atoms with Crippen LogP contribution in [-0.2, 0) is 14.8 Å². The molecule has 0 bridgehead atoms. The van der Waals surface area contributed by atoms with Crippen LogP contribution in [0.1, 0.15) is 20.8 Å². The minimum atomic E-state index is -4.19. The highest BCUT2D eigenvalue weighted by molar-refractivity contribution is 7.94. The molecule has 1 aromatic heterocycles. The molecule has 1 amide bonds. The van der Waals surface area contributed by atoms with Crippen molar-refractivity contribution in [1.82, 2.24) is 10.2 Å². The number of aromatic nitrogens is 2. The molecule has 2 aromatic rings. The highest BCUT2D eigenvalue weighted by atomic mass is 35.5. The summed E-state index contributed by atoms with van der Waals surface area (Å²) in [5, 5.41) is 20.4. The van der Waals surface area contributed by atoms with Gasteiger partial charge in [-0.25, -0.2) is 0 Å². The number of nitro benzene ring substituents is 1. The highest BCUT2D eigenvalue weighted by Gasteiger charge is 2.26. The van der Waals surface area contributed by atoms with E-state index in [0.717, 1.165) is 12.1 Å². The summed E-state index contributed by atoms with van der Waals surface area (Å²) in [6.45, 7) is 5.06. The van der Waals surface area contributed by atoms with Crippen LogP contribution in [-0.4, -0.2) is 29.4 Å². The Labute approximate surface area is 157 Å². The molecule has 0 spiro atoms. The van der Waals surface area contributed by atoms with Gasteiger partial charge >= 0.3 is 0 Å². The summed E-state index contributed by atoms with van der Waals surface area (Å²) in [5.74, 6) is -0.354. The molecule has 1 aromatic carbocycles. The van der Waals surface area contributed by atoms with Gasteiger partial charge in [0.15, 0.2) is 0 Å². The van der Waals surface area contributed by atoms with Crippen LogP contribution >= 0.6 is 22.9 Å². The predicted molar refractivity (Wildman–Crippen MR) is 96.9 cm³/mol. The third kappa shape index (κ3) is 4.65. The SMILES string of the molecule is CC(C)(C)C(=O)Nc1nnc(S(=O)(=O)Nc2cc([N+](=O)[O-])ccc2Cl)s1. The monoisotopic (exact) mass is 419 g/mol. The number of anilines is 2. The second-order valence-corrected chi connectivity index (χ2v) is 9.34. The molecular weight excluding hydrogens is 406 g/mol. The molecule has 0 aliphatic carbocycles. The van der Waals surface area contributed by atoms with E-state index >= 15 is 0 Å². The molecule has 26 heavy (non-hydrogen) atoms. The Morgan fingerprint density at radius 3 is 2.54 bits per heavy atom. The zero-order chi connectivity index (χ0) is 19.7. The van der Waals surface area contributed by atoms with Gasteiger partial charge in [0.1, 0.15) is 0 Å². The third-order valence-corrected chi connectivity index (χ3v) is 5.84. The minimum Gasteiger partial charge on any atom is -0.300 e. The van der Waals surface area contributed by atoms with Gasteiger partial charge in [-0.3, -0.25) is 19.6 Å². The number of sulfonamides is 1. The van der Waals surface area contributed by atoms with Crippen molar-refractivity contribution in [3.63, 3.8) is 0 Å². The van der Waals surface area contributed by atoms with Gasteiger partial charge in [-0.1, -0.05) is 43.7 Å². The minimum absolute atomic E-state index is 0.00967. The van der Waals surface area contributed by atoms with Crippen LogP contribution in [0.2, 0.25) is 5.02 Å². The van der Waals surface area contributed by atoms with E-state index in [1.807, 2.05) is 0 Å². The van der Waals surface area contributed by atoms with Gasteiger partial charge in [0, 0.05) is 17.5 Å². The molecule has 0 saturated carbocycles. The maximum atomic E-state index is 12.4. The Morgan fingerprint density at radius 2 is 1.96 bits per heavy atom. The zero-order valence-electron chi connectivity index (χ0n) is 13.8. The lowest BCUT2D eigenvalue weighted by atomic mass is 9.96. The number of halogens is 1. The summed E-state index contributed by atoms with van der Waals surface area (Å²) in [5.41, 5.74) is -1.20. The topological polar surface area (TPSA) is 144 Å². The van der Waals surface area contributed by atoms with Crippen molar-refractivity contribution in [2.45, 2.75) is 25.1 Å². The second-order valence-electron chi connectivity index (χ2n) is 6.10. The van der Waals surface area contributed by atoms with Crippen molar-refractivity contribution >= 4 is 55.4 Å². The summed E-state index contributed by atoms with van der Waals surface area (Å²) in [6, 6.07) is 3.33. The van der Waals surface area contributed by atoms with E-state index in [9.17, 15) is 23.3 Å². The van der Waals surface area contributed by atoms with Crippen LogP contribution in [0, 0.1) is 15.5 Å². The molecule has 0 radical (unpaired) electrons. The molecule has 2 rings (SSSR count). The van der Waals surface area contributed by atoms with Crippen LogP contribution in [0.5, 0.6) is 0 Å². The number of hydrogen-bond donors (Lipinski definition) is 2. The fourth-order valence-electron chi connectivity index (χ4n) is 1.55. The van der Waals surface area contributed by atoms with Crippen molar-refractivity contribution in [2.24, 2.45) is 5.41 Å². The van der Waals surface area contributed by atoms with Crippen LogP contribution in [0.4, 0.5) is 16.5 Å². The first-order chi connectivity index (χ1) is 11.9. The summed E-state index contributed by atoms with van der Waals surface area (Å²) >= 11 is 6.52. The Bertz CT molecular complexity index is 968. The van der Waals surface area contributed by atoms with Crippen molar-refractivity contribution in [3.05, 3.63) is 33.3 Å². The number of hydrogen-bond acceptors (Lipinski definition) is 8. The van der Waals surface area contributed by atoms with E-state index in [1.165, 1.54) is 6.07 Å². The van der Waals surface area contributed by atoms with Crippen molar-refractivity contribution in [1.29, 1.82) is 0 Å². The number of benzene rings is 1. The maximum Gasteiger partial charge on any atom is 0.291 e. The fraction of sp³-hybridized carbons (Fsp3) is 0.308. The number of carbonyl (C=O) groups excluding carboxylic acids is 1. The molecule has 1 heterocycles. The lowest BCUT2D eigenvalue weighted by Crippen LogP contribution is -2.27. The molecule has 0 fully saturated rings. The quantitative estimate of drug-likeness (QED) is 0.430. The van der Waals surface area contributed by atoms with E-state index < -0.39 is 24.7 Å². The first-order valence-electron chi connectivity index (χ1n) is 7.02. The summed E-state index contributed by atoms with van der Waals surface area (Å²) in [6.07, 6.45) is 0. The van der Waals surface area contributed by atoms with Crippen molar-refractivity contribution in [2.75, 3.05) is 10.0 Å². The highest BCUT2D eigenvalue weighted by Crippen LogP contribution is 2.30. The van der Waals surface area contributed by atoms with Gasteiger partial charge in [0.2, 0.25) is 11.0 Å². The molecule has 2 N–H and O–H groups in total. The molecule has 0 aliphatic rings. The lowest BCUT2D eigenvalue weighted by Gasteiger charge is -2.15. The van der Waals surface area contributed by atoms with E-state index in [2.05, 4.69) is 20.2 Å². The third-order valence-electron chi connectivity index (χ3n) is 2.94. The number of amides is 1. The maximum absolute atomic E-state index is 12.4. The number of rotatable bonds is 5. The van der Waals surface area contributed by atoms with Gasteiger partial charge in [-0.15, -0.1) is 10.2 Å². The first-order valence-corrected chi connectivity index (χ1v) is 9.69. The standard InChI is InChI=1S/C13H14ClN5O5S2/c1-13(2,3)10(20)15-11-16-17-12(25-11)26(23,24)18-9-6-7(19(21)22)4-5-8(9)14/h4-6,18H,1-3H3,(H,15,16,20). The Balaban J connectivity index is 2.25. The molecule has 0 saturated heterocycles. The van der Waals surface area contributed by atoms with Crippen LogP contribution in [0.3, 0.4) is 0 Å². The van der Waals surface area contributed by atoms with E-state index in [1.54, 1.807) is 20.8 Å². The fourth-order valence-corrected chi connectivity index (χ4v) is 3.73. The molecular formula is C13H14ClN5O5S2. The second kappa shape index (κ2) is 7.13. The average Bonchev–Trinajstić information content (AvgIpc) is 2.97. The van der Waals surface area contributed by atoms with Gasteiger partial charge in [-0.2, -0.15) is 8.42 Å². The number of nitrogens with zero attached hydrogens (tertiary/aromatic N) is 3. The smallest absolute Gasteiger partial charge is 0.291 e. The number of carbonyl (C=O) groups is 1. The molecule has 140 valence electrons. The molecule has 0 atom stereocenters. The molecule has 0 unspecified atom stereocenters. The Morgan fingerprint density at radius 1 is 1.31 bits per heavy atom. The van der Waals surface area contributed by atoms with Crippen LogP contribution in [0.25, 0.3) is 0 Å². The summed E-state index contributed by atoms with van der Waals surface area (Å²) in [4.78, 5) is 22.0. The number of nitro groups is 1. The van der Waals surface area contributed by atoms with Crippen molar-refractivity contribution < 1.29 is 18.1 Å². The van der Waals surface area contributed by atoms with Gasteiger partial charge in [-0.05, 0) is 6.07 Å². The average molecular weight is 420 g/mol. The summed E-state index contributed by atoms with van der Waals surface area (Å²) in [7, 11) is -4.19. The molecule has 10 nitrogen and oxygen atoms in total. The van der Waals surface area contributed by atoms with Gasteiger partial charge in [0.05, 0.1) is 15.6 Å². The Hall–Kier alpha value is -2.31. The zero-order valence-corrected chi connectivity index (χ0v) is 16.2. The van der Waals surface area contributed by atoms with Crippen LogP contribution in [0.15, 0.2) is 22.5 Å². The molecule has 13 heteroatoms. The molecule has 0 aliphatic heterocycles. The summed E-state index contributed by atoms with van der Waals surface area (Å²) < 4.78 is 26.5. The van der Waals surface area contributed by atoms with Gasteiger partial charge in [0.25, 0.3) is 20.1 Å². The van der Waals surface area contributed by atoms with E-state index in [-0.39, 0.29) is 27.4 Å². The van der Waals surface area contributed by atoms with E-state index in [4.69, 9.17) is 11.6 Å². The van der Waals surface area contributed by atoms with Gasteiger partial charge < -0.3 is 5.32 Å². The number of non-ortho nitro benzene ring substituents is 1. The first kappa shape index (κ1) is 20.0. The lowest BCUT2D eigenvalue weighted by molar-refractivity contribution is -0.384. The Kier molecular flexibility index (Phi) is 5.49. The van der Waals surface area contributed by atoms with E-state index in [0.29, 0.717) is 11.3 Å². The normalized spacial score (nSPS) is 11.8. The largest absolute Gasteiger partial charge is 0.300 e. The predicted octanol–water partition coefficient (Wildman–Crippen LogP) is 2.89. The number of nitrogens with one attached hydrogen (secondary N) is 2. The van der Waals surface area contributed by atoms with Crippen molar-refractivity contribution in [3.8, 4) is 0 Å². The van der Waals surface area contributed by atoms with Crippen LogP contribution < -0.4 is 10.0 Å².